The quantitative estimate of drug-likeness (QED) is 0.844. The number of carbonyl (C=O) groups is 1. The van der Waals surface area contributed by atoms with Gasteiger partial charge in [-0.1, -0.05) is 31.0 Å². The van der Waals surface area contributed by atoms with Crippen LogP contribution in [0.5, 0.6) is 0 Å². The van der Waals surface area contributed by atoms with Crippen molar-refractivity contribution in [3.8, 4) is 0 Å². The van der Waals surface area contributed by atoms with Crippen molar-refractivity contribution in [2.45, 2.75) is 50.6 Å². The SMILES string of the molecule is O=C(c1cc2ccccc2o1)N(C1CCCC1)C1CC1. The number of amides is 1. The number of furan rings is 1. The first-order chi connectivity index (χ1) is 9.83. The summed E-state index contributed by atoms with van der Waals surface area (Å²) in [6, 6.07) is 10.6. The van der Waals surface area contributed by atoms with Crippen molar-refractivity contribution in [2.24, 2.45) is 0 Å². The van der Waals surface area contributed by atoms with Crippen LogP contribution in [0.1, 0.15) is 49.1 Å². The lowest BCUT2D eigenvalue weighted by atomic mass is 10.2. The first-order valence-electron chi connectivity index (χ1n) is 7.64. The average molecular weight is 269 g/mol. The van der Waals surface area contributed by atoms with Gasteiger partial charge < -0.3 is 9.32 Å². The molecule has 0 unspecified atom stereocenters. The van der Waals surface area contributed by atoms with Crippen molar-refractivity contribution in [1.82, 2.24) is 4.90 Å². The van der Waals surface area contributed by atoms with Crippen molar-refractivity contribution < 1.29 is 9.21 Å². The summed E-state index contributed by atoms with van der Waals surface area (Å²) >= 11 is 0. The molecule has 0 aliphatic heterocycles. The lowest BCUT2D eigenvalue weighted by Gasteiger charge is -2.28. The Morgan fingerprint density at radius 3 is 2.45 bits per heavy atom. The van der Waals surface area contributed by atoms with Crippen LogP contribution in [0.15, 0.2) is 34.7 Å². The van der Waals surface area contributed by atoms with E-state index in [1.807, 2.05) is 30.3 Å². The minimum absolute atomic E-state index is 0.0931. The number of para-hydroxylation sites is 1. The lowest BCUT2D eigenvalue weighted by Crippen LogP contribution is -2.40. The van der Waals surface area contributed by atoms with Crippen LogP contribution < -0.4 is 0 Å². The highest BCUT2D eigenvalue weighted by molar-refractivity contribution is 5.96. The Hall–Kier alpha value is -1.77. The summed E-state index contributed by atoms with van der Waals surface area (Å²) < 4.78 is 5.76. The zero-order valence-electron chi connectivity index (χ0n) is 11.5. The average Bonchev–Trinajstić information content (AvgIpc) is 3.00. The Labute approximate surface area is 118 Å². The molecule has 1 aromatic heterocycles. The van der Waals surface area contributed by atoms with Gasteiger partial charge in [0.25, 0.3) is 5.91 Å². The fourth-order valence-corrected chi connectivity index (χ4v) is 3.38. The molecule has 0 saturated heterocycles. The second-order valence-electron chi connectivity index (χ2n) is 6.03. The van der Waals surface area contributed by atoms with Gasteiger partial charge in [0.05, 0.1) is 0 Å². The summed E-state index contributed by atoms with van der Waals surface area (Å²) in [7, 11) is 0. The van der Waals surface area contributed by atoms with Gasteiger partial charge in [0.1, 0.15) is 5.58 Å². The molecule has 1 amide bonds. The summed E-state index contributed by atoms with van der Waals surface area (Å²) in [4.78, 5) is 14.9. The third-order valence-corrected chi connectivity index (χ3v) is 4.53. The van der Waals surface area contributed by atoms with Crippen LogP contribution in [0.25, 0.3) is 11.0 Å². The molecule has 2 aliphatic rings. The molecule has 4 rings (SSSR count). The standard InChI is InChI=1S/C17H19NO2/c19-17(16-11-12-5-1-4-8-15(12)20-16)18(14-9-10-14)13-6-2-3-7-13/h1,4-5,8,11,13-14H,2-3,6-7,9-10H2. The highest BCUT2D eigenvalue weighted by Crippen LogP contribution is 2.36. The largest absolute Gasteiger partial charge is 0.451 e. The van der Waals surface area contributed by atoms with Gasteiger partial charge in [-0.25, -0.2) is 0 Å². The predicted molar refractivity (Wildman–Crippen MR) is 77.7 cm³/mol. The number of fused-ring (bicyclic) bond motifs is 1. The van der Waals surface area contributed by atoms with Gasteiger partial charge in [0.2, 0.25) is 0 Å². The maximum Gasteiger partial charge on any atom is 0.290 e. The molecule has 2 aliphatic carbocycles. The van der Waals surface area contributed by atoms with Crippen molar-refractivity contribution in [3.05, 3.63) is 36.1 Å². The minimum Gasteiger partial charge on any atom is -0.451 e. The molecule has 104 valence electrons. The molecule has 0 bridgehead atoms. The molecule has 2 saturated carbocycles. The number of rotatable bonds is 3. The fourth-order valence-electron chi connectivity index (χ4n) is 3.38. The van der Waals surface area contributed by atoms with E-state index in [1.54, 1.807) is 0 Å². The number of benzene rings is 1. The third-order valence-electron chi connectivity index (χ3n) is 4.53. The first-order valence-corrected chi connectivity index (χ1v) is 7.64. The van der Waals surface area contributed by atoms with Crippen molar-refractivity contribution in [2.75, 3.05) is 0 Å². The van der Waals surface area contributed by atoms with Gasteiger partial charge in [-0.05, 0) is 37.8 Å². The monoisotopic (exact) mass is 269 g/mol. The van der Waals surface area contributed by atoms with Crippen LogP contribution in [0.2, 0.25) is 0 Å². The molecule has 1 heterocycles. The van der Waals surface area contributed by atoms with Gasteiger partial charge >= 0.3 is 0 Å². The number of carbonyl (C=O) groups excluding carboxylic acids is 1. The topological polar surface area (TPSA) is 33.5 Å². The van der Waals surface area contributed by atoms with E-state index in [4.69, 9.17) is 4.42 Å². The summed E-state index contributed by atoms with van der Waals surface area (Å²) in [5.41, 5.74) is 0.804. The second-order valence-corrected chi connectivity index (χ2v) is 6.03. The van der Waals surface area contributed by atoms with Crippen LogP contribution in [0.3, 0.4) is 0 Å². The summed E-state index contributed by atoms with van der Waals surface area (Å²) in [6.07, 6.45) is 7.12. The minimum atomic E-state index is 0.0931. The van der Waals surface area contributed by atoms with E-state index >= 15 is 0 Å². The van der Waals surface area contributed by atoms with Gasteiger partial charge in [-0.2, -0.15) is 0 Å². The van der Waals surface area contributed by atoms with Gasteiger partial charge in [-0.15, -0.1) is 0 Å². The van der Waals surface area contributed by atoms with Crippen LogP contribution in [-0.4, -0.2) is 22.9 Å². The molecule has 3 heteroatoms. The maximum absolute atomic E-state index is 12.8. The molecule has 0 atom stereocenters. The normalized spacial score (nSPS) is 19.6. The Bertz CT molecular complexity index is 602. The highest BCUT2D eigenvalue weighted by atomic mass is 16.3. The Kier molecular flexibility index (Phi) is 2.79. The molecule has 20 heavy (non-hydrogen) atoms. The third kappa shape index (κ3) is 2.01. The van der Waals surface area contributed by atoms with E-state index in [0.717, 1.165) is 36.7 Å². The highest BCUT2D eigenvalue weighted by Gasteiger charge is 2.39. The molecule has 2 aromatic rings. The van der Waals surface area contributed by atoms with Crippen LogP contribution in [0.4, 0.5) is 0 Å². The van der Waals surface area contributed by atoms with Crippen molar-refractivity contribution >= 4 is 16.9 Å². The van der Waals surface area contributed by atoms with Crippen LogP contribution >= 0.6 is 0 Å². The number of hydrogen-bond acceptors (Lipinski definition) is 2. The molecule has 0 spiro atoms. The Balaban J connectivity index is 1.66. The molecular formula is C17H19NO2. The molecule has 2 fully saturated rings. The molecule has 0 radical (unpaired) electrons. The van der Waals surface area contributed by atoms with Gasteiger partial charge in [-0.3, -0.25) is 4.79 Å². The van der Waals surface area contributed by atoms with E-state index in [0.29, 0.717) is 17.8 Å². The molecular weight excluding hydrogens is 250 g/mol. The zero-order valence-corrected chi connectivity index (χ0v) is 11.5. The van der Waals surface area contributed by atoms with E-state index in [9.17, 15) is 4.79 Å². The van der Waals surface area contributed by atoms with E-state index in [2.05, 4.69) is 4.90 Å². The summed E-state index contributed by atoms with van der Waals surface area (Å²) in [6.45, 7) is 0. The zero-order chi connectivity index (χ0) is 13.5. The van der Waals surface area contributed by atoms with Crippen molar-refractivity contribution in [1.29, 1.82) is 0 Å². The lowest BCUT2D eigenvalue weighted by molar-refractivity contribution is 0.0634. The molecule has 1 aromatic carbocycles. The smallest absolute Gasteiger partial charge is 0.290 e. The summed E-state index contributed by atoms with van der Waals surface area (Å²) in [5.74, 6) is 0.598. The maximum atomic E-state index is 12.8. The van der Waals surface area contributed by atoms with E-state index < -0.39 is 0 Å². The Morgan fingerprint density at radius 2 is 1.75 bits per heavy atom. The Morgan fingerprint density at radius 1 is 1.05 bits per heavy atom. The van der Waals surface area contributed by atoms with Crippen LogP contribution in [-0.2, 0) is 0 Å². The van der Waals surface area contributed by atoms with Gasteiger partial charge in [0.15, 0.2) is 5.76 Å². The van der Waals surface area contributed by atoms with Crippen molar-refractivity contribution in [3.63, 3.8) is 0 Å². The summed E-state index contributed by atoms with van der Waals surface area (Å²) in [5, 5.41) is 1.01. The predicted octanol–water partition coefficient (Wildman–Crippen LogP) is 3.98. The van der Waals surface area contributed by atoms with E-state index in [1.165, 1.54) is 12.8 Å². The first kappa shape index (κ1) is 12.0. The molecule has 3 nitrogen and oxygen atoms in total. The number of hydrogen-bond donors (Lipinski definition) is 0. The molecule has 0 N–H and O–H groups in total. The van der Waals surface area contributed by atoms with Crippen LogP contribution in [0, 0.1) is 0 Å². The number of nitrogens with zero attached hydrogens (tertiary/aromatic N) is 1. The second kappa shape index (κ2) is 4.65. The van der Waals surface area contributed by atoms with Gasteiger partial charge in [0, 0.05) is 17.5 Å². The van der Waals surface area contributed by atoms with E-state index in [-0.39, 0.29) is 5.91 Å². The fraction of sp³-hybridized carbons (Fsp3) is 0.471.